The molecule has 4 heterocycles. The van der Waals surface area contributed by atoms with E-state index in [0.29, 0.717) is 11.7 Å². The summed E-state index contributed by atoms with van der Waals surface area (Å²) in [6.45, 7) is 1.91. The van der Waals surface area contributed by atoms with Gasteiger partial charge >= 0.3 is 0 Å². The Balaban J connectivity index is 1.54. The molecule has 2 aromatic rings. The molecule has 5 rings (SSSR count). The second-order valence-corrected chi connectivity index (χ2v) is 9.84. The summed E-state index contributed by atoms with van der Waals surface area (Å²) in [7, 11) is 0. The number of aliphatic hydroxyl groups is 1. The molecule has 2 aliphatic heterocycles. The molecule has 1 aliphatic carbocycles. The van der Waals surface area contributed by atoms with Crippen LogP contribution in [0.4, 0.5) is 5.13 Å². The summed E-state index contributed by atoms with van der Waals surface area (Å²) in [4.78, 5) is 45.5. The van der Waals surface area contributed by atoms with E-state index >= 15 is 0 Å². The molecule has 2 aromatic heterocycles. The molecule has 3 aliphatic rings. The molecular weight excluding hydrogens is 440 g/mol. The molecule has 2 N–H and O–H groups in total. The van der Waals surface area contributed by atoms with Crippen molar-refractivity contribution in [1.29, 1.82) is 0 Å². The Hall–Kier alpha value is -2.78. The Kier molecular flexibility index (Phi) is 5.92. The van der Waals surface area contributed by atoms with Crippen molar-refractivity contribution in [1.82, 2.24) is 14.5 Å². The second-order valence-electron chi connectivity index (χ2n) is 8.94. The number of likely N-dealkylation sites (tertiary alicyclic amines) is 1. The monoisotopic (exact) mass is 468 g/mol. The summed E-state index contributed by atoms with van der Waals surface area (Å²) in [5.41, 5.74) is 2.53. The lowest BCUT2D eigenvalue weighted by atomic mass is 9.88. The Morgan fingerprint density at radius 1 is 1.30 bits per heavy atom. The number of carbonyl (C=O) groups excluding carboxylic acids is 2. The Morgan fingerprint density at radius 3 is 2.82 bits per heavy atom. The van der Waals surface area contributed by atoms with E-state index in [9.17, 15) is 19.5 Å². The summed E-state index contributed by atoms with van der Waals surface area (Å²) >= 11 is 1.30. The van der Waals surface area contributed by atoms with Crippen molar-refractivity contribution in [2.75, 3.05) is 11.9 Å². The number of thiazole rings is 1. The van der Waals surface area contributed by atoms with Gasteiger partial charge in [-0.2, -0.15) is 0 Å². The Bertz CT molecular complexity index is 1160. The van der Waals surface area contributed by atoms with E-state index < -0.39 is 18.0 Å². The lowest BCUT2D eigenvalue weighted by molar-refractivity contribution is -0.139. The predicted molar refractivity (Wildman–Crippen MR) is 126 cm³/mol. The third kappa shape index (κ3) is 3.63. The largest absolute Gasteiger partial charge is 0.396 e. The van der Waals surface area contributed by atoms with Gasteiger partial charge in [0.1, 0.15) is 6.04 Å². The summed E-state index contributed by atoms with van der Waals surface area (Å²) in [5, 5.41) is 15.3. The van der Waals surface area contributed by atoms with E-state index in [-0.39, 0.29) is 36.3 Å². The van der Waals surface area contributed by atoms with Gasteiger partial charge in [-0.05, 0) is 43.4 Å². The van der Waals surface area contributed by atoms with Crippen LogP contribution in [0.3, 0.4) is 0 Å². The third-order valence-electron chi connectivity index (χ3n) is 7.23. The molecule has 4 atom stereocenters. The zero-order valence-electron chi connectivity index (χ0n) is 18.6. The number of anilines is 1. The molecule has 1 fully saturated rings. The number of pyridine rings is 1. The number of fused-ring (bicyclic) bond motifs is 3. The van der Waals surface area contributed by atoms with Crippen molar-refractivity contribution < 1.29 is 14.7 Å². The van der Waals surface area contributed by atoms with E-state index in [2.05, 4.69) is 16.4 Å². The highest BCUT2D eigenvalue weighted by atomic mass is 32.1. The van der Waals surface area contributed by atoms with Crippen LogP contribution in [0.1, 0.15) is 56.3 Å². The van der Waals surface area contributed by atoms with Crippen LogP contribution in [0.15, 0.2) is 34.6 Å². The number of hydrogen-bond acceptors (Lipinski definition) is 6. The van der Waals surface area contributed by atoms with Gasteiger partial charge in [-0.1, -0.05) is 13.0 Å². The number of amides is 2. The summed E-state index contributed by atoms with van der Waals surface area (Å²) in [6.07, 6.45) is 8.12. The highest BCUT2D eigenvalue weighted by Gasteiger charge is 2.57. The predicted octanol–water partition coefficient (Wildman–Crippen LogP) is 2.80. The fraction of sp³-hybridized carbons (Fsp3) is 0.500. The van der Waals surface area contributed by atoms with Crippen molar-refractivity contribution in [3.05, 3.63) is 51.4 Å². The molecule has 33 heavy (non-hydrogen) atoms. The van der Waals surface area contributed by atoms with E-state index in [1.165, 1.54) is 11.3 Å². The Labute approximate surface area is 195 Å². The van der Waals surface area contributed by atoms with Crippen LogP contribution in [0, 0.1) is 11.8 Å². The number of carbonyl (C=O) groups is 2. The van der Waals surface area contributed by atoms with Crippen LogP contribution in [0.25, 0.3) is 5.57 Å². The molecule has 8 nitrogen and oxygen atoms in total. The first-order valence-electron chi connectivity index (χ1n) is 11.6. The zero-order chi connectivity index (χ0) is 23.1. The number of allylic oxidation sites excluding steroid dienone is 2. The highest BCUT2D eigenvalue weighted by Crippen LogP contribution is 2.49. The highest BCUT2D eigenvalue weighted by molar-refractivity contribution is 7.13. The average Bonchev–Trinajstić information content (AvgIpc) is 3.54. The van der Waals surface area contributed by atoms with Gasteiger partial charge in [0.15, 0.2) is 5.13 Å². The smallest absolute Gasteiger partial charge is 0.258 e. The summed E-state index contributed by atoms with van der Waals surface area (Å²) in [5.74, 6) is -1.19. The zero-order valence-corrected chi connectivity index (χ0v) is 19.4. The summed E-state index contributed by atoms with van der Waals surface area (Å²) in [6, 6.07) is 2.58. The van der Waals surface area contributed by atoms with Gasteiger partial charge in [0.05, 0.1) is 6.04 Å². The average molecular weight is 469 g/mol. The van der Waals surface area contributed by atoms with Crippen LogP contribution in [0.5, 0.6) is 0 Å². The van der Waals surface area contributed by atoms with Gasteiger partial charge in [-0.25, -0.2) is 4.98 Å². The molecule has 0 bridgehead atoms. The van der Waals surface area contributed by atoms with Gasteiger partial charge in [0.25, 0.3) is 5.56 Å². The number of aliphatic hydroxyl groups excluding tert-OH is 1. The normalized spacial score (nSPS) is 26.0. The number of nitrogens with zero attached hydrogens (tertiary/aromatic N) is 3. The van der Waals surface area contributed by atoms with Crippen molar-refractivity contribution in [2.24, 2.45) is 11.8 Å². The minimum absolute atomic E-state index is 0.0422. The van der Waals surface area contributed by atoms with E-state index in [1.54, 1.807) is 28.0 Å². The molecule has 1 saturated heterocycles. The van der Waals surface area contributed by atoms with Gasteiger partial charge in [-0.15, -0.1) is 11.3 Å². The maximum atomic E-state index is 13.4. The lowest BCUT2D eigenvalue weighted by Gasteiger charge is -2.30. The first kappa shape index (κ1) is 22.0. The van der Waals surface area contributed by atoms with Crippen molar-refractivity contribution in [3.8, 4) is 0 Å². The maximum Gasteiger partial charge on any atom is 0.258 e. The van der Waals surface area contributed by atoms with Crippen molar-refractivity contribution in [3.63, 3.8) is 0 Å². The van der Waals surface area contributed by atoms with Crippen LogP contribution in [-0.4, -0.2) is 44.0 Å². The molecule has 0 saturated carbocycles. The molecule has 0 radical (unpaired) electrons. The van der Waals surface area contributed by atoms with Crippen molar-refractivity contribution >= 4 is 33.9 Å². The molecule has 0 spiro atoms. The first-order chi connectivity index (χ1) is 16.0. The van der Waals surface area contributed by atoms with Crippen molar-refractivity contribution in [2.45, 2.75) is 57.7 Å². The number of rotatable bonds is 5. The van der Waals surface area contributed by atoms with Gasteiger partial charge < -0.3 is 19.9 Å². The van der Waals surface area contributed by atoms with E-state index in [4.69, 9.17) is 0 Å². The SMILES string of the molecule is CCC(=O)N1[C@@H]2c3ccc(C4=CCCCC4)c(=O)n3C[C@@H]2[C@@H](CO)[C@@H]1C(=O)Nc1nccs1. The van der Waals surface area contributed by atoms with Gasteiger partial charge in [0, 0.05) is 54.2 Å². The van der Waals surface area contributed by atoms with Gasteiger partial charge in [0.2, 0.25) is 11.8 Å². The quantitative estimate of drug-likeness (QED) is 0.702. The first-order valence-corrected chi connectivity index (χ1v) is 12.5. The topological polar surface area (TPSA) is 105 Å². The molecule has 2 amide bonds. The number of nitrogens with one attached hydrogen (secondary N) is 1. The van der Waals surface area contributed by atoms with Crippen LogP contribution >= 0.6 is 11.3 Å². The number of hydrogen-bond donors (Lipinski definition) is 2. The molecule has 174 valence electrons. The second kappa shape index (κ2) is 8.87. The lowest BCUT2D eigenvalue weighted by Crippen LogP contribution is -2.48. The van der Waals surface area contributed by atoms with E-state index in [0.717, 1.165) is 42.5 Å². The molecular formula is C24H28N4O4S. The fourth-order valence-electron chi connectivity index (χ4n) is 5.74. The van der Waals surface area contributed by atoms with Crippen LogP contribution in [0.2, 0.25) is 0 Å². The third-order valence-corrected chi connectivity index (χ3v) is 7.92. The maximum absolute atomic E-state index is 13.4. The fourth-order valence-corrected chi connectivity index (χ4v) is 6.27. The van der Waals surface area contributed by atoms with Gasteiger partial charge in [-0.3, -0.25) is 14.4 Å². The number of aromatic nitrogens is 2. The van der Waals surface area contributed by atoms with Crippen LogP contribution in [-0.2, 0) is 16.1 Å². The summed E-state index contributed by atoms with van der Waals surface area (Å²) < 4.78 is 1.76. The van der Waals surface area contributed by atoms with E-state index in [1.807, 2.05) is 12.1 Å². The van der Waals surface area contributed by atoms with Crippen LogP contribution < -0.4 is 10.9 Å². The molecule has 9 heteroatoms. The minimum Gasteiger partial charge on any atom is -0.396 e. The standard InChI is InChI=1S/C24H28N4O4S/c1-2-19(30)28-20-16(17(13-29)21(28)22(31)26-24-25-10-11-33-24)12-27-18(20)9-8-15(23(27)32)14-6-4-3-5-7-14/h6,8-11,16-17,20-21,29H,2-5,7,12-13H2,1H3,(H,25,26,31)/t16-,17-,20+,21-/m1/s1. The Morgan fingerprint density at radius 2 is 2.15 bits per heavy atom. The molecule has 0 aromatic carbocycles. The minimum atomic E-state index is -0.814. The molecule has 0 unspecified atom stereocenters.